The van der Waals surface area contributed by atoms with E-state index in [9.17, 15) is 24.5 Å². The maximum absolute atomic E-state index is 12.7. The van der Waals surface area contributed by atoms with Crippen LogP contribution in [0.15, 0.2) is 73.9 Å². The summed E-state index contributed by atoms with van der Waals surface area (Å²) in [5, 5.41) is 20.9. The molecule has 4 rings (SSSR count). The fraction of sp³-hybridized carbons (Fsp3) is 0.100. The number of rotatable bonds is 8. The normalized spacial score (nSPS) is 10.8. The predicted molar refractivity (Wildman–Crippen MR) is 118 cm³/mol. The SMILES string of the molecule is Nn1c(SCC(=O)c2c(=O)o[nH][n+]2-c2ccccc2)nnc(Cc2ccc([N+](=O)[O-])cc2)c1=O. The minimum Gasteiger partial charge on any atom is -0.334 e. The van der Waals surface area contributed by atoms with E-state index in [1.807, 2.05) is 0 Å². The summed E-state index contributed by atoms with van der Waals surface area (Å²) in [7, 11) is 0. The Morgan fingerprint density at radius 2 is 1.85 bits per heavy atom. The van der Waals surface area contributed by atoms with Crippen LogP contribution >= 0.6 is 11.8 Å². The Kier molecular flexibility index (Phi) is 6.31. The molecule has 172 valence electrons. The number of thioether (sulfide) groups is 1. The number of hydrogen-bond donors (Lipinski definition) is 2. The van der Waals surface area contributed by atoms with E-state index >= 15 is 0 Å². The van der Waals surface area contributed by atoms with Gasteiger partial charge in [0.2, 0.25) is 16.6 Å². The molecular formula is C20H16N7O6S+. The zero-order valence-corrected chi connectivity index (χ0v) is 18.1. The van der Waals surface area contributed by atoms with Crippen LogP contribution in [0.5, 0.6) is 0 Å². The van der Waals surface area contributed by atoms with Gasteiger partial charge < -0.3 is 5.84 Å². The molecule has 0 bridgehead atoms. The average molecular weight is 482 g/mol. The molecule has 34 heavy (non-hydrogen) atoms. The summed E-state index contributed by atoms with van der Waals surface area (Å²) in [6, 6.07) is 14.3. The third kappa shape index (κ3) is 4.61. The summed E-state index contributed by atoms with van der Waals surface area (Å²) >= 11 is 0.832. The van der Waals surface area contributed by atoms with Gasteiger partial charge in [-0.3, -0.25) is 24.2 Å². The van der Waals surface area contributed by atoms with Crippen molar-refractivity contribution >= 4 is 23.2 Å². The molecule has 3 N–H and O–H groups in total. The summed E-state index contributed by atoms with van der Waals surface area (Å²) in [4.78, 5) is 47.6. The van der Waals surface area contributed by atoms with E-state index in [1.54, 1.807) is 30.3 Å². The number of para-hydroxylation sites is 1. The topological polar surface area (TPSA) is 184 Å². The van der Waals surface area contributed by atoms with Crippen molar-refractivity contribution in [3.8, 4) is 5.69 Å². The first-order valence-electron chi connectivity index (χ1n) is 9.67. The predicted octanol–water partition coefficient (Wildman–Crippen LogP) is 0.384. The monoisotopic (exact) mass is 482 g/mol. The van der Waals surface area contributed by atoms with Crippen LogP contribution in [0.1, 0.15) is 21.7 Å². The number of nitro groups is 1. The number of non-ortho nitro benzene ring substituents is 1. The van der Waals surface area contributed by atoms with E-state index in [0.717, 1.165) is 16.4 Å². The van der Waals surface area contributed by atoms with Gasteiger partial charge in [0.1, 0.15) is 5.69 Å². The molecule has 13 nitrogen and oxygen atoms in total. The molecule has 0 saturated carbocycles. The van der Waals surface area contributed by atoms with Gasteiger partial charge in [-0.25, -0.2) is 4.79 Å². The lowest BCUT2D eigenvalue weighted by molar-refractivity contribution is -0.672. The number of carbonyl (C=O) groups excluding carboxylic acids is 1. The minimum atomic E-state index is -0.843. The minimum absolute atomic E-state index is 0.0280. The number of carbonyl (C=O) groups is 1. The van der Waals surface area contributed by atoms with E-state index in [4.69, 9.17) is 10.4 Å². The quantitative estimate of drug-likeness (QED) is 0.0889. The van der Waals surface area contributed by atoms with E-state index < -0.39 is 21.9 Å². The van der Waals surface area contributed by atoms with Crippen LogP contribution in [0.3, 0.4) is 0 Å². The summed E-state index contributed by atoms with van der Waals surface area (Å²) in [6.07, 6.45) is 0.0619. The molecule has 0 atom stereocenters. The van der Waals surface area contributed by atoms with Crippen LogP contribution in [-0.4, -0.2) is 36.6 Å². The lowest BCUT2D eigenvalue weighted by atomic mass is 10.1. The van der Waals surface area contributed by atoms with Gasteiger partial charge >= 0.3 is 11.3 Å². The van der Waals surface area contributed by atoms with Crippen LogP contribution in [0.4, 0.5) is 5.69 Å². The molecule has 2 heterocycles. The number of H-pyrrole nitrogens is 1. The van der Waals surface area contributed by atoms with Gasteiger partial charge in [0, 0.05) is 30.7 Å². The fourth-order valence-corrected chi connectivity index (χ4v) is 3.74. The van der Waals surface area contributed by atoms with Gasteiger partial charge in [-0.2, -0.15) is 4.68 Å². The highest BCUT2D eigenvalue weighted by atomic mass is 32.2. The molecule has 2 aromatic carbocycles. The second kappa shape index (κ2) is 9.50. The van der Waals surface area contributed by atoms with Gasteiger partial charge in [-0.1, -0.05) is 42.1 Å². The van der Waals surface area contributed by atoms with Crippen molar-refractivity contribution in [1.29, 1.82) is 0 Å². The number of nitrogens with zero attached hydrogens (tertiary/aromatic N) is 5. The lowest BCUT2D eigenvalue weighted by Crippen LogP contribution is -2.41. The smallest absolute Gasteiger partial charge is 0.334 e. The van der Waals surface area contributed by atoms with Gasteiger partial charge in [-0.15, -0.1) is 10.2 Å². The Labute approximate surface area is 193 Å². The highest BCUT2D eigenvalue weighted by Crippen LogP contribution is 2.15. The van der Waals surface area contributed by atoms with Crippen molar-refractivity contribution in [2.75, 3.05) is 11.6 Å². The Morgan fingerprint density at radius 1 is 1.15 bits per heavy atom. The molecule has 0 spiro atoms. The van der Waals surface area contributed by atoms with Crippen LogP contribution in [-0.2, 0) is 6.42 Å². The second-order valence-electron chi connectivity index (χ2n) is 6.92. The van der Waals surface area contributed by atoms with Crippen molar-refractivity contribution in [2.45, 2.75) is 11.6 Å². The fourth-order valence-electron chi connectivity index (χ4n) is 3.03. The Morgan fingerprint density at radius 3 is 2.53 bits per heavy atom. The molecule has 0 aliphatic carbocycles. The number of aromatic nitrogens is 5. The largest absolute Gasteiger partial charge is 0.438 e. The van der Waals surface area contributed by atoms with Crippen molar-refractivity contribution in [3.63, 3.8) is 0 Å². The molecule has 0 aliphatic rings. The Balaban J connectivity index is 1.49. The zero-order valence-electron chi connectivity index (χ0n) is 17.3. The van der Waals surface area contributed by atoms with Gasteiger partial charge in [0.15, 0.2) is 0 Å². The first-order valence-corrected chi connectivity index (χ1v) is 10.7. The third-order valence-corrected chi connectivity index (χ3v) is 5.65. The molecule has 14 heteroatoms. The molecule has 0 fully saturated rings. The maximum Gasteiger partial charge on any atom is 0.438 e. The third-order valence-electron chi connectivity index (χ3n) is 4.70. The van der Waals surface area contributed by atoms with Crippen LogP contribution in [0.25, 0.3) is 5.69 Å². The van der Waals surface area contributed by atoms with Crippen LogP contribution < -0.4 is 21.7 Å². The summed E-state index contributed by atoms with van der Waals surface area (Å²) in [5.41, 5.74) is -0.627. The van der Waals surface area contributed by atoms with E-state index in [-0.39, 0.29) is 34.4 Å². The van der Waals surface area contributed by atoms with E-state index in [1.165, 1.54) is 28.9 Å². The zero-order chi connectivity index (χ0) is 24.2. The summed E-state index contributed by atoms with van der Waals surface area (Å²) in [5.74, 6) is 5.01. The first kappa shape index (κ1) is 22.6. The van der Waals surface area contributed by atoms with Gasteiger partial charge in [0.25, 0.3) is 11.2 Å². The average Bonchev–Trinajstić information content (AvgIpc) is 3.23. The number of ketones is 1. The molecule has 0 aliphatic heterocycles. The van der Waals surface area contributed by atoms with Crippen LogP contribution in [0.2, 0.25) is 0 Å². The molecule has 0 saturated heterocycles. The first-order chi connectivity index (χ1) is 16.3. The van der Waals surface area contributed by atoms with Crippen molar-refractivity contribution in [2.24, 2.45) is 0 Å². The number of hydrogen-bond acceptors (Lipinski definition) is 10. The highest BCUT2D eigenvalue weighted by molar-refractivity contribution is 7.99. The summed E-state index contributed by atoms with van der Waals surface area (Å²) < 4.78 is 6.75. The van der Waals surface area contributed by atoms with Crippen molar-refractivity contribution < 1.29 is 18.9 Å². The number of aromatic amines is 1. The molecule has 0 amide bonds. The molecule has 2 aromatic heterocycles. The molecule has 0 radical (unpaired) electrons. The molecular weight excluding hydrogens is 466 g/mol. The lowest BCUT2D eigenvalue weighted by Gasteiger charge is -2.06. The number of benzene rings is 2. The van der Waals surface area contributed by atoms with E-state index in [2.05, 4.69) is 15.5 Å². The van der Waals surface area contributed by atoms with Crippen molar-refractivity contribution in [1.82, 2.24) is 20.1 Å². The number of nitrogens with two attached hydrogens (primary N) is 1. The maximum atomic E-state index is 12.7. The number of nitrogens with one attached hydrogen (secondary N) is 1. The molecule has 0 unspecified atom stereocenters. The standard InChI is InChI=1S/C20H15N7O6S/c21-25-18(29)15(10-12-6-8-14(9-7-12)27(31)32)22-23-20(25)34-11-16(28)17-19(30)33-24-26(17)13-4-2-1-3-5-13/h1-9H,10-11,21H2/p+1. The second-order valence-corrected chi connectivity index (χ2v) is 7.86. The van der Waals surface area contributed by atoms with Crippen molar-refractivity contribution in [3.05, 3.63) is 102 Å². The highest BCUT2D eigenvalue weighted by Gasteiger charge is 2.30. The Bertz CT molecular complexity index is 1480. The molecule has 4 aromatic rings. The number of nitrogen functional groups attached to an aromatic ring is 1. The number of nitro benzene ring substituents is 1. The van der Waals surface area contributed by atoms with Gasteiger partial charge in [-0.05, 0) is 15.5 Å². The summed E-state index contributed by atoms with van der Waals surface area (Å²) in [6.45, 7) is 0. The Hall–Kier alpha value is -4.59. The number of Topliss-reactive ketones (excluding diaryl/α,β-unsaturated/α-hetero) is 1. The van der Waals surface area contributed by atoms with Gasteiger partial charge in [0.05, 0.1) is 10.7 Å². The van der Waals surface area contributed by atoms with E-state index in [0.29, 0.717) is 11.3 Å². The van der Waals surface area contributed by atoms with Crippen LogP contribution in [0, 0.1) is 10.1 Å².